The van der Waals surface area contributed by atoms with Gasteiger partial charge in [0.05, 0.1) is 13.2 Å². The average molecular weight is 319 g/mol. The van der Waals surface area contributed by atoms with Gasteiger partial charge >= 0.3 is 0 Å². The minimum atomic E-state index is -0.492. The molecule has 1 aromatic carbocycles. The zero-order valence-electron chi connectivity index (χ0n) is 14.6. The van der Waals surface area contributed by atoms with Gasteiger partial charge in [-0.3, -0.25) is 0 Å². The Hall–Kier alpha value is -1.06. The van der Waals surface area contributed by atoms with Crippen molar-refractivity contribution in [3.63, 3.8) is 0 Å². The molecule has 0 aliphatic heterocycles. The van der Waals surface area contributed by atoms with Crippen LogP contribution in [0.15, 0.2) is 24.3 Å². The quantitative estimate of drug-likeness (QED) is 0.675. The van der Waals surface area contributed by atoms with Gasteiger partial charge in [-0.05, 0) is 56.2 Å². The normalized spacial score (nSPS) is 18.6. The number of hydrogen-bond donors (Lipinski definition) is 2. The van der Waals surface area contributed by atoms with E-state index in [9.17, 15) is 5.11 Å². The number of aliphatic hydroxyl groups is 1. The number of aryl methyl sites for hydroxylation is 1. The van der Waals surface area contributed by atoms with Crippen molar-refractivity contribution in [2.24, 2.45) is 11.7 Å². The molecule has 1 saturated carbocycles. The molecule has 0 saturated heterocycles. The molecule has 3 nitrogen and oxygen atoms in total. The maximum absolute atomic E-state index is 9.19. The van der Waals surface area contributed by atoms with Crippen molar-refractivity contribution < 1.29 is 9.84 Å². The van der Waals surface area contributed by atoms with Crippen molar-refractivity contribution in [2.75, 3.05) is 13.2 Å². The predicted octanol–water partition coefficient (Wildman–Crippen LogP) is 4.07. The molecule has 2 rings (SSSR count). The van der Waals surface area contributed by atoms with E-state index in [1.54, 1.807) is 0 Å². The Bertz CT molecular complexity index is 435. The molecule has 3 heteroatoms. The molecule has 1 atom stereocenters. The van der Waals surface area contributed by atoms with Gasteiger partial charge < -0.3 is 15.6 Å². The maximum Gasteiger partial charge on any atom is 0.119 e. The van der Waals surface area contributed by atoms with Gasteiger partial charge in [0.1, 0.15) is 5.75 Å². The molecule has 0 aromatic heterocycles. The lowest BCUT2D eigenvalue weighted by Gasteiger charge is -2.21. The lowest BCUT2D eigenvalue weighted by atomic mass is 9.86. The largest absolute Gasteiger partial charge is 0.494 e. The highest BCUT2D eigenvalue weighted by atomic mass is 16.5. The summed E-state index contributed by atoms with van der Waals surface area (Å²) >= 11 is 0. The number of rotatable bonds is 9. The number of benzene rings is 1. The number of hydrogen-bond acceptors (Lipinski definition) is 3. The van der Waals surface area contributed by atoms with Crippen LogP contribution in [0.4, 0.5) is 0 Å². The fraction of sp³-hybridized carbons (Fsp3) is 0.700. The second-order valence-electron chi connectivity index (χ2n) is 7.45. The van der Waals surface area contributed by atoms with Gasteiger partial charge in [-0.15, -0.1) is 0 Å². The van der Waals surface area contributed by atoms with Gasteiger partial charge in [0.15, 0.2) is 0 Å². The fourth-order valence-corrected chi connectivity index (χ4v) is 3.30. The summed E-state index contributed by atoms with van der Waals surface area (Å²) in [6, 6.07) is 8.29. The maximum atomic E-state index is 9.19. The minimum Gasteiger partial charge on any atom is -0.494 e. The molecule has 0 radical (unpaired) electrons. The molecule has 0 spiro atoms. The van der Waals surface area contributed by atoms with Crippen molar-refractivity contribution >= 4 is 0 Å². The highest BCUT2D eigenvalue weighted by Crippen LogP contribution is 2.27. The van der Waals surface area contributed by atoms with Gasteiger partial charge in [0.25, 0.3) is 0 Å². The summed E-state index contributed by atoms with van der Waals surface area (Å²) in [7, 11) is 0. The molecule has 0 bridgehead atoms. The first kappa shape index (κ1) is 18.3. The summed E-state index contributed by atoms with van der Waals surface area (Å²) < 4.78 is 5.85. The monoisotopic (exact) mass is 319 g/mol. The van der Waals surface area contributed by atoms with Gasteiger partial charge in [-0.2, -0.15) is 0 Å². The van der Waals surface area contributed by atoms with Crippen molar-refractivity contribution in [3.8, 4) is 5.75 Å². The van der Waals surface area contributed by atoms with Crippen molar-refractivity contribution in [1.82, 2.24) is 0 Å². The SMILES string of the molecule is C[C@](N)(CO)CCc1ccc(OCCCC2CCCCC2)cc1. The van der Waals surface area contributed by atoms with Crippen molar-refractivity contribution in [2.45, 2.75) is 70.3 Å². The molecule has 23 heavy (non-hydrogen) atoms. The smallest absolute Gasteiger partial charge is 0.119 e. The molecule has 0 amide bonds. The molecule has 1 aliphatic rings. The van der Waals surface area contributed by atoms with E-state index in [1.807, 2.05) is 19.1 Å². The summed E-state index contributed by atoms with van der Waals surface area (Å²) in [5.41, 5.74) is 6.71. The fourth-order valence-electron chi connectivity index (χ4n) is 3.30. The summed E-state index contributed by atoms with van der Waals surface area (Å²) in [5, 5.41) is 9.19. The van der Waals surface area contributed by atoms with E-state index >= 15 is 0 Å². The summed E-state index contributed by atoms with van der Waals surface area (Å²) in [6.45, 7) is 2.73. The van der Waals surface area contributed by atoms with Crippen molar-refractivity contribution in [3.05, 3.63) is 29.8 Å². The highest BCUT2D eigenvalue weighted by Gasteiger charge is 2.16. The molecule has 1 fully saturated rings. The molecule has 0 heterocycles. The van der Waals surface area contributed by atoms with E-state index < -0.39 is 5.54 Å². The van der Waals surface area contributed by atoms with E-state index in [0.29, 0.717) is 0 Å². The number of aliphatic hydroxyl groups excluding tert-OH is 1. The molecule has 1 aliphatic carbocycles. The van der Waals surface area contributed by atoms with Crippen LogP contribution >= 0.6 is 0 Å². The van der Waals surface area contributed by atoms with Gasteiger partial charge in [-0.1, -0.05) is 44.2 Å². The first-order chi connectivity index (χ1) is 11.1. The first-order valence-electron chi connectivity index (χ1n) is 9.20. The van der Waals surface area contributed by atoms with Crippen molar-refractivity contribution in [1.29, 1.82) is 0 Å². The molecular weight excluding hydrogens is 286 g/mol. The Morgan fingerprint density at radius 1 is 1.17 bits per heavy atom. The lowest BCUT2D eigenvalue weighted by Crippen LogP contribution is -2.40. The highest BCUT2D eigenvalue weighted by molar-refractivity contribution is 5.27. The van der Waals surface area contributed by atoms with E-state index in [2.05, 4.69) is 12.1 Å². The van der Waals surface area contributed by atoms with Crippen LogP contribution < -0.4 is 10.5 Å². The van der Waals surface area contributed by atoms with Gasteiger partial charge in [-0.25, -0.2) is 0 Å². The number of nitrogens with two attached hydrogens (primary N) is 1. The van der Waals surface area contributed by atoms with E-state index in [-0.39, 0.29) is 6.61 Å². The molecule has 3 N–H and O–H groups in total. The minimum absolute atomic E-state index is 0.0230. The third kappa shape index (κ3) is 6.92. The third-order valence-electron chi connectivity index (χ3n) is 5.02. The summed E-state index contributed by atoms with van der Waals surface area (Å²) in [5.74, 6) is 1.89. The van der Waals surface area contributed by atoms with Crippen LogP contribution in [0, 0.1) is 5.92 Å². The molecule has 130 valence electrons. The Morgan fingerprint density at radius 2 is 1.87 bits per heavy atom. The Labute approximate surface area is 141 Å². The second kappa shape index (κ2) is 9.29. The molecule has 0 unspecified atom stereocenters. The van der Waals surface area contributed by atoms with Crippen LogP contribution in [-0.2, 0) is 6.42 Å². The lowest BCUT2D eigenvalue weighted by molar-refractivity contribution is 0.200. The molecule has 1 aromatic rings. The van der Waals surface area contributed by atoms with E-state index in [4.69, 9.17) is 10.5 Å². The topological polar surface area (TPSA) is 55.5 Å². The van der Waals surface area contributed by atoms with Crippen LogP contribution in [0.3, 0.4) is 0 Å². The second-order valence-corrected chi connectivity index (χ2v) is 7.45. The zero-order valence-corrected chi connectivity index (χ0v) is 14.6. The number of ether oxygens (including phenoxy) is 1. The Balaban J connectivity index is 1.64. The van der Waals surface area contributed by atoms with E-state index in [0.717, 1.165) is 37.5 Å². The Morgan fingerprint density at radius 3 is 2.52 bits per heavy atom. The first-order valence-corrected chi connectivity index (χ1v) is 9.20. The van der Waals surface area contributed by atoms with Crippen LogP contribution in [-0.4, -0.2) is 23.9 Å². The average Bonchev–Trinajstić information content (AvgIpc) is 2.59. The van der Waals surface area contributed by atoms with Crippen LogP contribution in [0.1, 0.15) is 63.9 Å². The van der Waals surface area contributed by atoms with Crippen LogP contribution in [0.5, 0.6) is 5.75 Å². The summed E-state index contributed by atoms with van der Waals surface area (Å²) in [4.78, 5) is 0. The van der Waals surface area contributed by atoms with Gasteiger partial charge in [0, 0.05) is 5.54 Å². The van der Waals surface area contributed by atoms with E-state index in [1.165, 1.54) is 44.1 Å². The molecular formula is C20H33NO2. The third-order valence-corrected chi connectivity index (χ3v) is 5.02. The Kier molecular flexibility index (Phi) is 7.38. The predicted molar refractivity (Wildman–Crippen MR) is 95.7 cm³/mol. The standard InChI is InChI=1S/C20H33NO2/c1-20(21,16-22)14-13-18-9-11-19(12-10-18)23-15-5-8-17-6-3-2-4-7-17/h9-12,17,22H,2-8,13-16,21H2,1H3/t20-/m1/s1. The van der Waals surface area contributed by atoms with Gasteiger partial charge in [0.2, 0.25) is 0 Å². The summed E-state index contributed by atoms with van der Waals surface area (Å²) in [6.07, 6.45) is 11.3. The van der Waals surface area contributed by atoms with Crippen LogP contribution in [0.25, 0.3) is 0 Å². The zero-order chi connectivity index (χ0) is 16.5. The van der Waals surface area contributed by atoms with Crippen LogP contribution in [0.2, 0.25) is 0 Å².